The minimum Gasteiger partial charge on any atom is -0.0839 e. The van der Waals surface area contributed by atoms with E-state index in [0.29, 0.717) is 4.83 Å². The highest BCUT2D eigenvalue weighted by Gasteiger charge is 2.06. The van der Waals surface area contributed by atoms with Gasteiger partial charge in [0.1, 0.15) is 0 Å². The van der Waals surface area contributed by atoms with E-state index in [-0.39, 0.29) is 0 Å². The van der Waals surface area contributed by atoms with Crippen LogP contribution in [0.15, 0.2) is 24.3 Å². The van der Waals surface area contributed by atoms with Crippen LogP contribution >= 0.6 is 15.9 Å². The van der Waals surface area contributed by atoms with Gasteiger partial charge in [0, 0.05) is 4.83 Å². The van der Waals surface area contributed by atoms with Crippen LogP contribution in [-0.4, -0.2) is 0 Å². The standard InChI is InChI=1S/C15H23Br/c1-3-5-6-7-8-15(16)14-11-9-13(4-2)10-12-14/h9-12,15H,3-8H2,1-2H3. The van der Waals surface area contributed by atoms with Crippen molar-refractivity contribution in [2.24, 2.45) is 0 Å². The number of aryl methyl sites for hydroxylation is 1. The van der Waals surface area contributed by atoms with Gasteiger partial charge in [0.05, 0.1) is 0 Å². The Morgan fingerprint density at radius 2 is 1.69 bits per heavy atom. The Bertz CT molecular complexity index is 276. The highest BCUT2D eigenvalue weighted by Crippen LogP contribution is 2.28. The Labute approximate surface area is 109 Å². The zero-order valence-electron chi connectivity index (χ0n) is 10.5. The van der Waals surface area contributed by atoms with E-state index in [2.05, 4.69) is 54.0 Å². The van der Waals surface area contributed by atoms with Crippen molar-refractivity contribution in [2.75, 3.05) is 0 Å². The maximum absolute atomic E-state index is 3.78. The first kappa shape index (κ1) is 13.8. The lowest BCUT2D eigenvalue weighted by molar-refractivity contribution is 0.630. The van der Waals surface area contributed by atoms with Gasteiger partial charge in [-0.1, -0.05) is 79.7 Å². The molecule has 0 spiro atoms. The summed E-state index contributed by atoms with van der Waals surface area (Å²) in [6, 6.07) is 9.02. The van der Waals surface area contributed by atoms with Crippen molar-refractivity contribution in [3.05, 3.63) is 35.4 Å². The molecule has 0 aromatic heterocycles. The third kappa shape index (κ3) is 4.69. The number of halogens is 1. The van der Waals surface area contributed by atoms with E-state index in [9.17, 15) is 0 Å². The second-order valence-electron chi connectivity index (χ2n) is 4.41. The molecule has 0 aliphatic heterocycles. The van der Waals surface area contributed by atoms with Crippen LogP contribution in [0.4, 0.5) is 0 Å². The van der Waals surface area contributed by atoms with Crippen LogP contribution < -0.4 is 0 Å². The molecule has 1 unspecified atom stereocenters. The zero-order valence-corrected chi connectivity index (χ0v) is 12.1. The van der Waals surface area contributed by atoms with Gasteiger partial charge in [-0.3, -0.25) is 0 Å². The van der Waals surface area contributed by atoms with Crippen LogP contribution in [0.25, 0.3) is 0 Å². The fraction of sp³-hybridized carbons (Fsp3) is 0.600. The molecule has 0 amide bonds. The van der Waals surface area contributed by atoms with Gasteiger partial charge in [-0.2, -0.15) is 0 Å². The lowest BCUT2D eigenvalue weighted by Crippen LogP contribution is -1.91. The molecule has 90 valence electrons. The van der Waals surface area contributed by atoms with Gasteiger partial charge in [0.2, 0.25) is 0 Å². The average molecular weight is 283 g/mol. The molecule has 0 saturated heterocycles. The molecule has 0 aliphatic rings. The summed E-state index contributed by atoms with van der Waals surface area (Å²) < 4.78 is 0. The molecule has 1 aromatic rings. The molecule has 0 heterocycles. The van der Waals surface area contributed by atoms with Crippen molar-refractivity contribution in [1.82, 2.24) is 0 Å². The van der Waals surface area contributed by atoms with Crippen LogP contribution in [0.5, 0.6) is 0 Å². The van der Waals surface area contributed by atoms with E-state index in [1.54, 1.807) is 0 Å². The number of benzene rings is 1. The molecule has 16 heavy (non-hydrogen) atoms. The summed E-state index contributed by atoms with van der Waals surface area (Å²) in [6.45, 7) is 4.46. The Kier molecular flexibility index (Phi) is 6.79. The van der Waals surface area contributed by atoms with E-state index in [0.717, 1.165) is 6.42 Å². The Morgan fingerprint density at radius 3 is 2.25 bits per heavy atom. The van der Waals surface area contributed by atoms with Gasteiger partial charge in [0.25, 0.3) is 0 Å². The number of rotatable bonds is 7. The predicted molar refractivity (Wildman–Crippen MR) is 76.2 cm³/mol. The Morgan fingerprint density at radius 1 is 1.00 bits per heavy atom. The van der Waals surface area contributed by atoms with Crippen molar-refractivity contribution < 1.29 is 0 Å². The van der Waals surface area contributed by atoms with E-state index in [4.69, 9.17) is 0 Å². The van der Waals surface area contributed by atoms with Crippen molar-refractivity contribution in [2.45, 2.75) is 57.2 Å². The lowest BCUT2D eigenvalue weighted by Gasteiger charge is -2.10. The molecular formula is C15H23Br. The van der Waals surface area contributed by atoms with Gasteiger partial charge in [-0.15, -0.1) is 0 Å². The minimum absolute atomic E-state index is 0.537. The topological polar surface area (TPSA) is 0 Å². The van der Waals surface area contributed by atoms with Crippen LogP contribution in [0.1, 0.15) is 61.9 Å². The van der Waals surface area contributed by atoms with Gasteiger partial charge in [-0.05, 0) is 24.0 Å². The number of alkyl halides is 1. The van der Waals surface area contributed by atoms with Crippen molar-refractivity contribution in [3.63, 3.8) is 0 Å². The van der Waals surface area contributed by atoms with Gasteiger partial charge < -0.3 is 0 Å². The van der Waals surface area contributed by atoms with Crippen molar-refractivity contribution >= 4 is 15.9 Å². The summed E-state index contributed by atoms with van der Waals surface area (Å²) in [5.74, 6) is 0. The first-order valence-electron chi connectivity index (χ1n) is 6.50. The maximum Gasteiger partial charge on any atom is 0.0395 e. The number of hydrogen-bond acceptors (Lipinski definition) is 0. The highest BCUT2D eigenvalue weighted by atomic mass is 79.9. The van der Waals surface area contributed by atoms with Gasteiger partial charge in [0.15, 0.2) is 0 Å². The SMILES string of the molecule is CCCCCCC(Br)c1ccc(CC)cc1. The summed E-state index contributed by atoms with van der Waals surface area (Å²) >= 11 is 3.78. The van der Waals surface area contributed by atoms with Crippen molar-refractivity contribution in [1.29, 1.82) is 0 Å². The van der Waals surface area contributed by atoms with Crippen molar-refractivity contribution in [3.8, 4) is 0 Å². The minimum atomic E-state index is 0.537. The van der Waals surface area contributed by atoms with Gasteiger partial charge >= 0.3 is 0 Å². The van der Waals surface area contributed by atoms with E-state index in [1.165, 1.54) is 43.2 Å². The first-order chi connectivity index (χ1) is 7.77. The molecule has 0 fully saturated rings. The van der Waals surface area contributed by atoms with Crippen LogP contribution in [-0.2, 0) is 6.42 Å². The maximum atomic E-state index is 3.78. The van der Waals surface area contributed by atoms with E-state index < -0.39 is 0 Å². The van der Waals surface area contributed by atoms with Crippen LogP contribution in [0.3, 0.4) is 0 Å². The molecule has 1 heteroatoms. The molecule has 0 radical (unpaired) electrons. The monoisotopic (exact) mass is 282 g/mol. The fourth-order valence-corrected chi connectivity index (χ4v) is 2.51. The Hall–Kier alpha value is -0.300. The second kappa shape index (κ2) is 7.89. The highest BCUT2D eigenvalue weighted by molar-refractivity contribution is 9.09. The second-order valence-corrected chi connectivity index (χ2v) is 5.52. The molecule has 0 N–H and O–H groups in total. The van der Waals surface area contributed by atoms with Crippen LogP contribution in [0, 0.1) is 0 Å². The molecule has 1 rings (SSSR count). The fourth-order valence-electron chi connectivity index (χ4n) is 1.88. The largest absolute Gasteiger partial charge is 0.0839 e. The Balaban J connectivity index is 2.37. The summed E-state index contributed by atoms with van der Waals surface area (Å²) in [6.07, 6.45) is 7.77. The lowest BCUT2D eigenvalue weighted by atomic mass is 10.0. The summed E-state index contributed by atoms with van der Waals surface area (Å²) in [5.41, 5.74) is 2.85. The molecule has 0 bridgehead atoms. The summed E-state index contributed by atoms with van der Waals surface area (Å²) in [7, 11) is 0. The smallest absolute Gasteiger partial charge is 0.0395 e. The van der Waals surface area contributed by atoms with E-state index in [1.807, 2.05) is 0 Å². The van der Waals surface area contributed by atoms with Gasteiger partial charge in [-0.25, -0.2) is 0 Å². The molecule has 1 aromatic carbocycles. The normalized spacial score (nSPS) is 12.7. The molecular weight excluding hydrogens is 260 g/mol. The molecule has 0 aliphatic carbocycles. The van der Waals surface area contributed by atoms with Crippen LogP contribution in [0.2, 0.25) is 0 Å². The summed E-state index contributed by atoms with van der Waals surface area (Å²) in [5, 5.41) is 0. The summed E-state index contributed by atoms with van der Waals surface area (Å²) in [4.78, 5) is 0.537. The predicted octanol–water partition coefficient (Wildman–Crippen LogP) is 5.66. The third-order valence-corrected chi connectivity index (χ3v) is 4.05. The quantitative estimate of drug-likeness (QED) is 0.447. The zero-order chi connectivity index (χ0) is 11.8. The van der Waals surface area contributed by atoms with E-state index >= 15 is 0 Å². The first-order valence-corrected chi connectivity index (χ1v) is 7.42. The molecule has 1 atom stereocenters. The molecule has 0 nitrogen and oxygen atoms in total. The number of hydrogen-bond donors (Lipinski definition) is 0. The number of unbranched alkanes of at least 4 members (excludes halogenated alkanes) is 3. The average Bonchev–Trinajstić information content (AvgIpc) is 2.34. The third-order valence-electron chi connectivity index (χ3n) is 3.06. The molecule has 0 saturated carbocycles.